The van der Waals surface area contributed by atoms with E-state index in [0.717, 1.165) is 23.7 Å². The van der Waals surface area contributed by atoms with Gasteiger partial charge in [0.05, 0.1) is 0 Å². The molecule has 2 fully saturated rings. The van der Waals surface area contributed by atoms with Gasteiger partial charge in [0.25, 0.3) is 5.91 Å². The molecule has 28 heavy (non-hydrogen) atoms. The summed E-state index contributed by atoms with van der Waals surface area (Å²) in [6.45, 7) is 1.16. The molecule has 2 aliphatic rings. The van der Waals surface area contributed by atoms with Gasteiger partial charge >= 0.3 is 0 Å². The van der Waals surface area contributed by atoms with Crippen molar-refractivity contribution in [1.82, 2.24) is 25.9 Å². The lowest BCUT2D eigenvalue weighted by atomic mass is 10.1. The number of anilines is 1. The Balaban J connectivity index is 1.17. The standard InChI is InChI=1S/C21H22N6O/c28-21(23-17-9-7-15(8-10-17)20-24-26-27-25-20)16-5-3-14(4-6-16)18-11-19(18)22-12-13-1-2-13/h3-10,13,18-19,22H,1-2,11-12H2,(H,23,28)(H,24,25,26,27). The smallest absolute Gasteiger partial charge is 0.255 e. The molecule has 0 saturated heterocycles. The number of tetrazole rings is 1. The van der Waals surface area contributed by atoms with Crippen molar-refractivity contribution < 1.29 is 4.79 Å². The van der Waals surface area contributed by atoms with Crippen molar-refractivity contribution in [3.63, 3.8) is 0 Å². The van der Waals surface area contributed by atoms with Gasteiger partial charge in [0, 0.05) is 28.8 Å². The second kappa shape index (κ2) is 7.16. The number of rotatable bonds is 7. The molecule has 0 bridgehead atoms. The fourth-order valence-electron chi connectivity index (χ4n) is 3.51. The Labute approximate surface area is 162 Å². The molecule has 3 N–H and O–H groups in total. The van der Waals surface area contributed by atoms with E-state index in [0.29, 0.717) is 23.3 Å². The Morgan fingerprint density at radius 2 is 1.86 bits per heavy atom. The van der Waals surface area contributed by atoms with E-state index in [1.54, 1.807) is 0 Å². The van der Waals surface area contributed by atoms with Gasteiger partial charge in [0.2, 0.25) is 0 Å². The minimum atomic E-state index is -0.111. The number of hydrogen-bond acceptors (Lipinski definition) is 5. The molecule has 0 spiro atoms. The van der Waals surface area contributed by atoms with Gasteiger partial charge in [-0.25, -0.2) is 5.10 Å². The average molecular weight is 374 g/mol. The van der Waals surface area contributed by atoms with E-state index in [1.165, 1.54) is 24.8 Å². The van der Waals surface area contributed by atoms with Crippen LogP contribution in [0.3, 0.4) is 0 Å². The number of nitrogens with zero attached hydrogens (tertiary/aromatic N) is 3. The van der Waals surface area contributed by atoms with Gasteiger partial charge in [-0.15, -0.1) is 5.10 Å². The maximum Gasteiger partial charge on any atom is 0.255 e. The molecule has 1 aromatic heterocycles. The Hall–Kier alpha value is -3.06. The zero-order valence-electron chi connectivity index (χ0n) is 15.4. The fraction of sp³-hybridized carbons (Fsp3) is 0.333. The van der Waals surface area contributed by atoms with Crippen LogP contribution in [0, 0.1) is 5.92 Å². The summed E-state index contributed by atoms with van der Waals surface area (Å²) in [7, 11) is 0. The largest absolute Gasteiger partial charge is 0.322 e. The minimum Gasteiger partial charge on any atom is -0.322 e. The van der Waals surface area contributed by atoms with Crippen LogP contribution in [0.15, 0.2) is 48.5 Å². The van der Waals surface area contributed by atoms with E-state index in [4.69, 9.17) is 0 Å². The minimum absolute atomic E-state index is 0.111. The number of carbonyl (C=O) groups is 1. The molecule has 7 heteroatoms. The third-order valence-electron chi connectivity index (χ3n) is 5.52. The Morgan fingerprint density at radius 1 is 1.07 bits per heavy atom. The molecular weight excluding hydrogens is 352 g/mol. The van der Waals surface area contributed by atoms with Crippen molar-refractivity contribution in [1.29, 1.82) is 0 Å². The zero-order valence-corrected chi connectivity index (χ0v) is 15.4. The van der Waals surface area contributed by atoms with Gasteiger partial charge in [0.15, 0.2) is 5.82 Å². The van der Waals surface area contributed by atoms with Gasteiger partial charge in [-0.1, -0.05) is 12.1 Å². The quantitative estimate of drug-likeness (QED) is 0.591. The third kappa shape index (κ3) is 3.80. The lowest BCUT2D eigenvalue weighted by Gasteiger charge is -2.07. The molecule has 1 amide bonds. The summed E-state index contributed by atoms with van der Waals surface area (Å²) in [5, 5.41) is 20.3. The number of hydrogen-bond donors (Lipinski definition) is 3. The number of carbonyl (C=O) groups excluding carboxylic acids is 1. The topological polar surface area (TPSA) is 95.6 Å². The van der Waals surface area contributed by atoms with Crippen molar-refractivity contribution in [3.8, 4) is 11.4 Å². The Kier molecular flexibility index (Phi) is 4.37. The fourth-order valence-corrected chi connectivity index (χ4v) is 3.51. The molecule has 2 aliphatic carbocycles. The predicted octanol–water partition coefficient (Wildman–Crippen LogP) is 2.97. The van der Waals surface area contributed by atoms with Gasteiger partial charge in [0.1, 0.15) is 0 Å². The van der Waals surface area contributed by atoms with Gasteiger partial charge < -0.3 is 10.6 Å². The summed E-state index contributed by atoms with van der Waals surface area (Å²) < 4.78 is 0. The van der Waals surface area contributed by atoms with E-state index in [1.807, 2.05) is 36.4 Å². The first kappa shape index (κ1) is 17.1. The molecular formula is C21H22N6O. The lowest BCUT2D eigenvalue weighted by Crippen LogP contribution is -2.20. The van der Waals surface area contributed by atoms with Gasteiger partial charge in [-0.05, 0) is 84.1 Å². The first-order chi connectivity index (χ1) is 13.8. The van der Waals surface area contributed by atoms with Crippen LogP contribution in [-0.4, -0.2) is 39.1 Å². The first-order valence-corrected chi connectivity index (χ1v) is 9.75. The van der Waals surface area contributed by atoms with E-state index in [-0.39, 0.29) is 5.91 Å². The van der Waals surface area contributed by atoms with Crippen molar-refractivity contribution in [2.45, 2.75) is 31.2 Å². The van der Waals surface area contributed by atoms with Gasteiger partial charge in [-0.3, -0.25) is 4.79 Å². The summed E-state index contributed by atoms with van der Waals surface area (Å²) in [5.41, 5.74) is 3.57. The maximum absolute atomic E-state index is 12.5. The van der Waals surface area contributed by atoms with E-state index in [2.05, 4.69) is 43.4 Å². The highest BCUT2D eigenvalue weighted by Crippen LogP contribution is 2.41. The maximum atomic E-state index is 12.5. The second-order valence-electron chi connectivity index (χ2n) is 7.70. The highest BCUT2D eigenvalue weighted by Gasteiger charge is 2.38. The SMILES string of the molecule is O=C(Nc1ccc(-c2nnn[nH]2)cc1)c1ccc(C2CC2NCC2CC2)cc1. The number of amides is 1. The molecule has 142 valence electrons. The molecule has 0 radical (unpaired) electrons. The van der Waals surface area contributed by atoms with Crippen LogP contribution < -0.4 is 10.6 Å². The summed E-state index contributed by atoms with van der Waals surface area (Å²) in [6, 6.07) is 16.0. The number of nitrogens with one attached hydrogen (secondary N) is 3. The molecule has 0 aliphatic heterocycles. The molecule has 3 aromatic rings. The van der Waals surface area contributed by atoms with Gasteiger partial charge in [-0.2, -0.15) is 0 Å². The third-order valence-corrected chi connectivity index (χ3v) is 5.52. The number of aromatic nitrogens is 4. The highest BCUT2D eigenvalue weighted by atomic mass is 16.1. The number of aromatic amines is 1. The van der Waals surface area contributed by atoms with Crippen molar-refractivity contribution >= 4 is 11.6 Å². The van der Waals surface area contributed by atoms with Crippen LogP contribution in [0.1, 0.15) is 41.1 Å². The Morgan fingerprint density at radius 3 is 2.54 bits per heavy atom. The van der Waals surface area contributed by atoms with Crippen LogP contribution in [0.25, 0.3) is 11.4 Å². The highest BCUT2D eigenvalue weighted by molar-refractivity contribution is 6.04. The molecule has 2 atom stereocenters. The summed E-state index contributed by atoms with van der Waals surface area (Å²) in [6.07, 6.45) is 3.97. The van der Waals surface area contributed by atoms with Crippen LogP contribution in [-0.2, 0) is 0 Å². The normalized spacial score (nSPS) is 20.7. The van der Waals surface area contributed by atoms with Crippen molar-refractivity contribution in [2.75, 3.05) is 11.9 Å². The molecule has 1 heterocycles. The monoisotopic (exact) mass is 374 g/mol. The van der Waals surface area contributed by atoms with Crippen molar-refractivity contribution in [3.05, 3.63) is 59.7 Å². The van der Waals surface area contributed by atoms with Crippen LogP contribution >= 0.6 is 0 Å². The molecule has 5 rings (SSSR count). The molecule has 2 aromatic carbocycles. The van der Waals surface area contributed by atoms with Crippen LogP contribution in [0.5, 0.6) is 0 Å². The average Bonchev–Trinajstić information content (AvgIpc) is 3.64. The molecule has 7 nitrogen and oxygen atoms in total. The van der Waals surface area contributed by atoms with E-state index >= 15 is 0 Å². The summed E-state index contributed by atoms with van der Waals surface area (Å²) in [4.78, 5) is 12.5. The van der Waals surface area contributed by atoms with Crippen LogP contribution in [0.2, 0.25) is 0 Å². The molecule has 2 unspecified atom stereocenters. The summed E-state index contributed by atoms with van der Waals surface area (Å²) in [5.74, 6) is 1.99. The number of H-pyrrole nitrogens is 1. The van der Waals surface area contributed by atoms with Crippen LogP contribution in [0.4, 0.5) is 5.69 Å². The number of benzene rings is 2. The van der Waals surface area contributed by atoms with E-state index < -0.39 is 0 Å². The van der Waals surface area contributed by atoms with E-state index in [9.17, 15) is 4.79 Å². The molecule has 2 saturated carbocycles. The Bertz CT molecular complexity index is 948. The lowest BCUT2D eigenvalue weighted by molar-refractivity contribution is 0.102. The van der Waals surface area contributed by atoms with Crippen molar-refractivity contribution in [2.24, 2.45) is 5.92 Å². The predicted molar refractivity (Wildman–Crippen MR) is 106 cm³/mol. The first-order valence-electron chi connectivity index (χ1n) is 9.75. The summed E-state index contributed by atoms with van der Waals surface area (Å²) >= 11 is 0. The second-order valence-corrected chi connectivity index (χ2v) is 7.70. The zero-order chi connectivity index (χ0) is 18.9.